The normalized spacial score (nSPS) is 11.7. The minimum atomic E-state index is 0. The van der Waals surface area contributed by atoms with Gasteiger partial charge in [-0.05, 0) is 25.0 Å². The molecule has 72 valence electrons. The summed E-state index contributed by atoms with van der Waals surface area (Å²) in [7, 11) is 0. The lowest BCUT2D eigenvalue weighted by Gasteiger charge is -1.96. The van der Waals surface area contributed by atoms with E-state index in [1.165, 1.54) is 5.57 Å². The Balaban J connectivity index is 0. The summed E-state index contributed by atoms with van der Waals surface area (Å²) in [6.07, 6.45) is 11.6. The Bertz CT molecular complexity index is 237. The molecule has 0 aromatic carbocycles. The predicted molar refractivity (Wildman–Crippen MR) is 63.8 cm³/mol. The predicted octanol–water partition coefficient (Wildman–Crippen LogP) is 4.44. The van der Waals surface area contributed by atoms with Gasteiger partial charge in [0.15, 0.2) is 0 Å². The molecule has 0 bridgehead atoms. The Morgan fingerprint density at radius 2 is 1.85 bits per heavy atom. The highest BCUT2D eigenvalue weighted by Crippen LogP contribution is 2.07. The molecule has 0 spiro atoms. The van der Waals surface area contributed by atoms with Crippen molar-refractivity contribution >= 4 is 0 Å². The van der Waals surface area contributed by atoms with Crippen LogP contribution >= 0.6 is 0 Å². The molecule has 0 nitrogen and oxygen atoms in total. The summed E-state index contributed by atoms with van der Waals surface area (Å²) in [5, 5.41) is 0. The maximum Gasteiger partial charge on any atom is -0.0299 e. The summed E-state index contributed by atoms with van der Waals surface area (Å²) < 4.78 is 0. The van der Waals surface area contributed by atoms with Crippen LogP contribution < -0.4 is 0 Å². The molecule has 0 amide bonds. The van der Waals surface area contributed by atoms with E-state index in [4.69, 9.17) is 0 Å². The zero-order chi connectivity index (χ0) is 9.40. The molecule has 0 radical (unpaired) electrons. The van der Waals surface area contributed by atoms with Crippen LogP contribution in [0.1, 0.15) is 21.3 Å². The van der Waals surface area contributed by atoms with E-state index in [0.29, 0.717) is 0 Å². The molecule has 0 heteroatoms. The van der Waals surface area contributed by atoms with E-state index >= 15 is 0 Å². The van der Waals surface area contributed by atoms with Gasteiger partial charge < -0.3 is 0 Å². The average molecular weight is 176 g/mol. The fraction of sp³-hybridized carbons (Fsp3) is 0.231. The van der Waals surface area contributed by atoms with Gasteiger partial charge in [-0.3, -0.25) is 0 Å². The molecule has 0 aromatic rings. The highest BCUT2D eigenvalue weighted by atomic mass is 13.9. The Morgan fingerprint density at radius 3 is 2.31 bits per heavy atom. The van der Waals surface area contributed by atoms with Gasteiger partial charge in [0.25, 0.3) is 0 Å². The Morgan fingerprint density at radius 1 is 1.23 bits per heavy atom. The van der Waals surface area contributed by atoms with Gasteiger partial charge in [-0.2, -0.15) is 0 Å². The second kappa shape index (κ2) is 8.79. The summed E-state index contributed by atoms with van der Waals surface area (Å²) in [6, 6.07) is 0. The minimum absolute atomic E-state index is 0. The molecule has 0 N–H and O–H groups in total. The molecule has 0 aromatic heterocycles. The lowest BCUT2D eigenvalue weighted by atomic mass is 10.1. The number of hydrogen-bond donors (Lipinski definition) is 0. The highest BCUT2D eigenvalue weighted by molar-refractivity contribution is 5.38. The van der Waals surface area contributed by atoms with Crippen LogP contribution in [0, 0.1) is 0 Å². The molecule has 0 unspecified atom stereocenters. The molecule has 0 saturated heterocycles. The molecule has 0 atom stereocenters. The number of allylic oxidation sites excluding steroid dienone is 8. The third-order valence-electron chi connectivity index (χ3n) is 1.48. The van der Waals surface area contributed by atoms with E-state index in [-0.39, 0.29) is 7.43 Å². The lowest BCUT2D eigenvalue weighted by molar-refractivity contribution is 1.44. The van der Waals surface area contributed by atoms with E-state index < -0.39 is 0 Å². The molecule has 0 heterocycles. The van der Waals surface area contributed by atoms with Crippen molar-refractivity contribution in [1.82, 2.24) is 0 Å². The van der Waals surface area contributed by atoms with E-state index in [1.807, 2.05) is 44.2 Å². The standard InChI is InChI=1S/C12H16.CH4/c1-5-7-9-11(3)12(4)10-8-6-2;/h5-10H,1,3H2,2,4H3;1H4/b8-6-,9-7-,12-10-;. The average Bonchev–Trinajstić information content (AvgIpc) is 2.10. The summed E-state index contributed by atoms with van der Waals surface area (Å²) in [6.45, 7) is 11.5. The van der Waals surface area contributed by atoms with Crippen LogP contribution in [0.15, 0.2) is 60.8 Å². The van der Waals surface area contributed by atoms with Gasteiger partial charge in [-0.15, -0.1) is 0 Å². The first-order valence-corrected chi connectivity index (χ1v) is 4.00. The summed E-state index contributed by atoms with van der Waals surface area (Å²) >= 11 is 0. The summed E-state index contributed by atoms with van der Waals surface area (Å²) in [5.41, 5.74) is 2.19. The molecular formula is C13H20. The first kappa shape index (κ1) is 14.2. The van der Waals surface area contributed by atoms with Crippen LogP contribution in [0.25, 0.3) is 0 Å². The van der Waals surface area contributed by atoms with Gasteiger partial charge in [0.05, 0.1) is 0 Å². The van der Waals surface area contributed by atoms with Crippen LogP contribution in [0.5, 0.6) is 0 Å². The monoisotopic (exact) mass is 176 g/mol. The molecule has 0 fully saturated rings. The first-order valence-electron chi connectivity index (χ1n) is 4.00. The molecule has 0 saturated carbocycles. The molecular weight excluding hydrogens is 156 g/mol. The van der Waals surface area contributed by atoms with Crippen LogP contribution in [0.3, 0.4) is 0 Å². The van der Waals surface area contributed by atoms with Gasteiger partial charge in [0.1, 0.15) is 0 Å². The van der Waals surface area contributed by atoms with Crippen molar-refractivity contribution in [3.63, 3.8) is 0 Å². The maximum absolute atomic E-state index is 3.91. The highest BCUT2D eigenvalue weighted by Gasteiger charge is 1.87. The fourth-order valence-electron chi connectivity index (χ4n) is 0.663. The minimum Gasteiger partial charge on any atom is -0.0991 e. The third-order valence-corrected chi connectivity index (χ3v) is 1.48. The smallest absolute Gasteiger partial charge is 0.0299 e. The van der Waals surface area contributed by atoms with E-state index in [1.54, 1.807) is 6.08 Å². The van der Waals surface area contributed by atoms with E-state index in [0.717, 1.165) is 5.57 Å². The second-order valence-corrected chi connectivity index (χ2v) is 2.50. The zero-order valence-corrected chi connectivity index (χ0v) is 7.88. The molecule has 0 aliphatic rings. The summed E-state index contributed by atoms with van der Waals surface area (Å²) in [4.78, 5) is 0. The van der Waals surface area contributed by atoms with Crippen molar-refractivity contribution in [2.24, 2.45) is 0 Å². The van der Waals surface area contributed by atoms with Crippen LogP contribution in [0.2, 0.25) is 0 Å². The molecule has 0 rings (SSSR count). The van der Waals surface area contributed by atoms with Crippen molar-refractivity contribution in [3.8, 4) is 0 Å². The molecule has 0 aliphatic carbocycles. The van der Waals surface area contributed by atoms with Crippen molar-refractivity contribution in [3.05, 3.63) is 60.8 Å². The van der Waals surface area contributed by atoms with Gasteiger partial charge in [0, 0.05) is 0 Å². The zero-order valence-electron chi connectivity index (χ0n) is 7.88. The molecule has 0 aliphatic heterocycles. The van der Waals surface area contributed by atoms with Crippen LogP contribution in [-0.2, 0) is 0 Å². The maximum atomic E-state index is 3.91. The SMILES string of the molecule is C.C=C/C=C\C(=C)/C(C)=C\C=C/C. The van der Waals surface area contributed by atoms with Crippen molar-refractivity contribution in [2.75, 3.05) is 0 Å². The fourth-order valence-corrected chi connectivity index (χ4v) is 0.663. The van der Waals surface area contributed by atoms with Gasteiger partial charge >= 0.3 is 0 Å². The Hall–Kier alpha value is -1.30. The Kier molecular flexibility index (Phi) is 9.63. The molecule has 13 heavy (non-hydrogen) atoms. The van der Waals surface area contributed by atoms with Crippen molar-refractivity contribution < 1.29 is 0 Å². The van der Waals surface area contributed by atoms with Gasteiger partial charge in [-0.25, -0.2) is 0 Å². The van der Waals surface area contributed by atoms with Crippen LogP contribution in [-0.4, -0.2) is 0 Å². The first-order chi connectivity index (χ1) is 5.72. The summed E-state index contributed by atoms with van der Waals surface area (Å²) in [5.74, 6) is 0. The number of hydrogen-bond acceptors (Lipinski definition) is 0. The van der Waals surface area contributed by atoms with Crippen molar-refractivity contribution in [1.29, 1.82) is 0 Å². The van der Waals surface area contributed by atoms with Gasteiger partial charge in [-0.1, -0.05) is 57.0 Å². The van der Waals surface area contributed by atoms with Crippen LogP contribution in [0.4, 0.5) is 0 Å². The third kappa shape index (κ3) is 7.07. The lowest BCUT2D eigenvalue weighted by Crippen LogP contribution is -1.76. The topological polar surface area (TPSA) is 0 Å². The number of rotatable bonds is 4. The largest absolute Gasteiger partial charge is 0.0991 e. The van der Waals surface area contributed by atoms with E-state index in [9.17, 15) is 0 Å². The Labute approximate surface area is 82.7 Å². The van der Waals surface area contributed by atoms with Crippen molar-refractivity contribution in [2.45, 2.75) is 21.3 Å². The second-order valence-electron chi connectivity index (χ2n) is 2.50. The quantitative estimate of drug-likeness (QED) is 0.555. The van der Waals surface area contributed by atoms with E-state index in [2.05, 4.69) is 13.2 Å². The van der Waals surface area contributed by atoms with Gasteiger partial charge in [0.2, 0.25) is 0 Å².